The molecule has 0 spiro atoms. The molecule has 0 fully saturated rings. The monoisotopic (exact) mass is 498 g/mol. The molecular formula is C24H23BrN2O3S. The van der Waals surface area contributed by atoms with Gasteiger partial charge in [0.25, 0.3) is 15.9 Å². The minimum atomic E-state index is -3.67. The zero-order valence-electron chi connectivity index (χ0n) is 17.5. The first-order valence-corrected chi connectivity index (χ1v) is 12.2. The predicted octanol–water partition coefficient (Wildman–Crippen LogP) is 5.46. The van der Waals surface area contributed by atoms with Crippen LogP contribution in [0.2, 0.25) is 0 Å². The van der Waals surface area contributed by atoms with Crippen LogP contribution in [0.15, 0.2) is 70.0 Å². The normalized spacial score (nSPS) is 15.6. The van der Waals surface area contributed by atoms with Crippen LogP contribution in [0.5, 0.6) is 0 Å². The zero-order valence-corrected chi connectivity index (χ0v) is 19.9. The molecule has 1 atom stereocenters. The molecule has 1 aliphatic heterocycles. The first-order chi connectivity index (χ1) is 14.7. The second-order valence-corrected chi connectivity index (χ2v) is 10.6. The highest BCUT2D eigenvalue weighted by atomic mass is 79.9. The van der Waals surface area contributed by atoms with Gasteiger partial charge in [0.2, 0.25) is 0 Å². The third kappa shape index (κ3) is 4.00. The van der Waals surface area contributed by atoms with E-state index in [1.165, 1.54) is 4.31 Å². The Labute approximate surface area is 191 Å². The molecule has 0 aliphatic carbocycles. The van der Waals surface area contributed by atoms with E-state index in [9.17, 15) is 13.2 Å². The maximum Gasteiger partial charge on any atom is 0.264 e. The van der Waals surface area contributed by atoms with Crippen molar-refractivity contribution in [1.82, 2.24) is 0 Å². The average Bonchev–Trinajstić information content (AvgIpc) is 3.06. The minimum Gasteiger partial charge on any atom is -0.322 e. The molecule has 0 bridgehead atoms. The van der Waals surface area contributed by atoms with Crippen LogP contribution >= 0.6 is 15.9 Å². The number of fused-ring (bicyclic) bond motifs is 1. The average molecular weight is 499 g/mol. The quantitative estimate of drug-likeness (QED) is 0.519. The van der Waals surface area contributed by atoms with Gasteiger partial charge in [0.05, 0.1) is 10.6 Å². The van der Waals surface area contributed by atoms with Crippen molar-refractivity contribution in [2.24, 2.45) is 0 Å². The van der Waals surface area contributed by atoms with Gasteiger partial charge in [0.15, 0.2) is 0 Å². The lowest BCUT2D eigenvalue weighted by Crippen LogP contribution is -2.35. The van der Waals surface area contributed by atoms with Gasteiger partial charge >= 0.3 is 0 Å². The van der Waals surface area contributed by atoms with Gasteiger partial charge in [-0.25, -0.2) is 8.42 Å². The highest BCUT2D eigenvalue weighted by molar-refractivity contribution is 9.10. The summed E-state index contributed by atoms with van der Waals surface area (Å²) in [6.45, 7) is 5.78. The number of halogens is 1. The fourth-order valence-corrected chi connectivity index (χ4v) is 6.51. The number of benzene rings is 3. The fourth-order valence-electron chi connectivity index (χ4n) is 4.11. The number of aryl methyl sites for hydroxylation is 2. The fraction of sp³-hybridized carbons (Fsp3) is 0.208. The van der Waals surface area contributed by atoms with E-state index in [2.05, 4.69) is 21.2 Å². The second kappa shape index (κ2) is 8.13. The molecule has 160 valence electrons. The Morgan fingerprint density at radius 2 is 1.68 bits per heavy atom. The molecule has 3 aromatic rings. The standard InChI is InChI=1S/C24H23BrN2O3S/c1-15-11-20(25)12-16(2)23(15)26-24(28)18-9-10-22-19(14-18)13-17(3)27(22)31(29,30)21-7-5-4-6-8-21/h4-12,14,17H,13H2,1-3H3,(H,26,28). The molecule has 0 saturated carbocycles. The smallest absolute Gasteiger partial charge is 0.264 e. The lowest BCUT2D eigenvalue weighted by atomic mass is 10.1. The number of rotatable bonds is 4. The molecule has 0 aromatic heterocycles. The highest BCUT2D eigenvalue weighted by Gasteiger charge is 2.36. The van der Waals surface area contributed by atoms with Crippen molar-refractivity contribution < 1.29 is 13.2 Å². The molecule has 1 amide bonds. The topological polar surface area (TPSA) is 66.5 Å². The number of nitrogens with zero attached hydrogens (tertiary/aromatic N) is 1. The number of nitrogens with one attached hydrogen (secondary N) is 1. The summed E-state index contributed by atoms with van der Waals surface area (Å²) in [5.41, 5.74) is 4.71. The number of sulfonamides is 1. The van der Waals surface area contributed by atoms with Crippen LogP contribution in [-0.2, 0) is 16.4 Å². The number of amides is 1. The molecule has 1 N–H and O–H groups in total. The van der Waals surface area contributed by atoms with Gasteiger partial charge in [0.1, 0.15) is 0 Å². The third-order valence-corrected chi connectivity index (χ3v) is 7.93. The van der Waals surface area contributed by atoms with Crippen molar-refractivity contribution in [1.29, 1.82) is 0 Å². The maximum atomic E-state index is 13.2. The Bertz CT molecular complexity index is 1250. The molecule has 31 heavy (non-hydrogen) atoms. The van der Waals surface area contributed by atoms with Gasteiger partial charge in [0, 0.05) is 21.8 Å². The van der Waals surface area contributed by atoms with Gasteiger partial charge < -0.3 is 5.32 Å². The molecule has 0 radical (unpaired) electrons. The van der Waals surface area contributed by atoms with E-state index in [-0.39, 0.29) is 16.8 Å². The summed E-state index contributed by atoms with van der Waals surface area (Å²) in [4.78, 5) is 13.2. The van der Waals surface area contributed by atoms with Crippen molar-refractivity contribution >= 4 is 43.2 Å². The number of carbonyl (C=O) groups excluding carboxylic acids is 1. The van der Waals surface area contributed by atoms with Crippen LogP contribution in [0.3, 0.4) is 0 Å². The molecule has 1 aliphatic rings. The summed E-state index contributed by atoms with van der Waals surface area (Å²) in [5.74, 6) is -0.214. The van der Waals surface area contributed by atoms with Crippen molar-refractivity contribution in [3.05, 3.63) is 87.4 Å². The van der Waals surface area contributed by atoms with Crippen LogP contribution in [0.1, 0.15) is 34.0 Å². The van der Waals surface area contributed by atoms with E-state index in [1.54, 1.807) is 48.5 Å². The number of hydrogen-bond donors (Lipinski definition) is 1. The Kier molecular flexibility index (Phi) is 5.66. The highest BCUT2D eigenvalue weighted by Crippen LogP contribution is 2.37. The van der Waals surface area contributed by atoms with Gasteiger partial charge in [-0.1, -0.05) is 34.1 Å². The predicted molar refractivity (Wildman–Crippen MR) is 127 cm³/mol. The number of anilines is 2. The number of carbonyl (C=O) groups is 1. The van der Waals surface area contributed by atoms with Crippen molar-refractivity contribution in [3.63, 3.8) is 0 Å². The van der Waals surface area contributed by atoms with Crippen LogP contribution in [0, 0.1) is 13.8 Å². The molecule has 3 aromatic carbocycles. The number of hydrogen-bond acceptors (Lipinski definition) is 3. The Balaban J connectivity index is 1.65. The van der Waals surface area contributed by atoms with E-state index in [0.717, 1.165) is 26.9 Å². The Hall–Kier alpha value is -2.64. The zero-order chi connectivity index (χ0) is 22.3. The van der Waals surface area contributed by atoms with Gasteiger partial charge in [-0.15, -0.1) is 0 Å². The summed E-state index contributed by atoms with van der Waals surface area (Å²) in [7, 11) is -3.67. The van der Waals surface area contributed by atoms with Gasteiger partial charge in [-0.05, 0) is 86.3 Å². The third-order valence-electron chi connectivity index (χ3n) is 5.53. The molecule has 0 saturated heterocycles. The maximum absolute atomic E-state index is 13.2. The molecular weight excluding hydrogens is 476 g/mol. The van der Waals surface area contributed by atoms with Gasteiger partial charge in [-0.2, -0.15) is 0 Å². The molecule has 4 rings (SSSR count). The largest absolute Gasteiger partial charge is 0.322 e. The van der Waals surface area contributed by atoms with Crippen molar-refractivity contribution in [2.75, 3.05) is 9.62 Å². The second-order valence-electron chi connectivity index (χ2n) is 7.88. The van der Waals surface area contributed by atoms with Crippen LogP contribution < -0.4 is 9.62 Å². The van der Waals surface area contributed by atoms with Crippen LogP contribution in [0.25, 0.3) is 0 Å². The van der Waals surface area contributed by atoms with E-state index < -0.39 is 10.0 Å². The molecule has 1 unspecified atom stereocenters. The van der Waals surface area contributed by atoms with E-state index >= 15 is 0 Å². The lowest BCUT2D eigenvalue weighted by molar-refractivity contribution is 0.102. The van der Waals surface area contributed by atoms with E-state index in [1.807, 2.05) is 32.9 Å². The Morgan fingerprint density at radius 1 is 1.03 bits per heavy atom. The molecule has 1 heterocycles. The minimum absolute atomic E-state index is 0.214. The summed E-state index contributed by atoms with van der Waals surface area (Å²) in [6, 6.07) is 17.3. The first kappa shape index (κ1) is 21.6. The summed E-state index contributed by atoms with van der Waals surface area (Å²) in [5, 5.41) is 3.00. The summed E-state index contributed by atoms with van der Waals surface area (Å²) in [6.07, 6.45) is 0.554. The SMILES string of the molecule is Cc1cc(Br)cc(C)c1NC(=O)c1ccc2c(c1)CC(C)N2S(=O)(=O)c1ccccc1. The van der Waals surface area contributed by atoms with Crippen molar-refractivity contribution in [3.8, 4) is 0 Å². The summed E-state index contributed by atoms with van der Waals surface area (Å²) >= 11 is 3.47. The van der Waals surface area contributed by atoms with Gasteiger partial charge in [-0.3, -0.25) is 9.10 Å². The molecule has 5 nitrogen and oxygen atoms in total. The van der Waals surface area contributed by atoms with Crippen LogP contribution in [0.4, 0.5) is 11.4 Å². The molecule has 7 heteroatoms. The lowest BCUT2D eigenvalue weighted by Gasteiger charge is -2.24. The van der Waals surface area contributed by atoms with E-state index in [0.29, 0.717) is 17.7 Å². The Morgan fingerprint density at radius 3 is 2.32 bits per heavy atom. The first-order valence-electron chi connectivity index (χ1n) is 9.99. The van der Waals surface area contributed by atoms with Crippen molar-refractivity contribution in [2.45, 2.75) is 38.1 Å². The van der Waals surface area contributed by atoms with E-state index in [4.69, 9.17) is 0 Å². The summed E-state index contributed by atoms with van der Waals surface area (Å²) < 4.78 is 28.9. The van der Waals surface area contributed by atoms with Crippen LogP contribution in [-0.4, -0.2) is 20.4 Å².